The summed E-state index contributed by atoms with van der Waals surface area (Å²) in [6.45, 7) is 5.43. The van der Waals surface area contributed by atoms with Gasteiger partial charge in [0.15, 0.2) is 0 Å². The summed E-state index contributed by atoms with van der Waals surface area (Å²) in [6.07, 6.45) is 1.05. The molecule has 0 atom stereocenters. The molecule has 7 nitrogen and oxygen atoms in total. The zero-order chi connectivity index (χ0) is 18.5. The third kappa shape index (κ3) is 5.23. The van der Waals surface area contributed by atoms with Gasteiger partial charge >= 0.3 is 5.97 Å². The fourth-order valence-corrected chi connectivity index (χ4v) is 2.91. The van der Waals surface area contributed by atoms with Gasteiger partial charge in [0.05, 0.1) is 31.2 Å². The van der Waals surface area contributed by atoms with Crippen molar-refractivity contribution < 1.29 is 22.7 Å². The van der Waals surface area contributed by atoms with Crippen molar-refractivity contribution in [2.24, 2.45) is 5.41 Å². The average molecular weight is 356 g/mol. The van der Waals surface area contributed by atoms with Gasteiger partial charge in [-0.25, -0.2) is 13.2 Å². The number of hydrogen-bond acceptors (Lipinski definition) is 5. The van der Waals surface area contributed by atoms with Crippen LogP contribution in [0.2, 0.25) is 0 Å². The minimum absolute atomic E-state index is 0.00859. The molecule has 0 unspecified atom stereocenters. The predicted molar refractivity (Wildman–Crippen MR) is 92.4 cm³/mol. The number of sulfonamides is 1. The van der Waals surface area contributed by atoms with Crippen molar-refractivity contribution in [3.8, 4) is 0 Å². The number of methoxy groups -OCH3 is 1. The fourth-order valence-electron chi connectivity index (χ4n) is 1.97. The van der Waals surface area contributed by atoms with Gasteiger partial charge in [-0.3, -0.25) is 9.10 Å². The van der Waals surface area contributed by atoms with Crippen LogP contribution in [0.25, 0.3) is 0 Å². The first-order valence-electron chi connectivity index (χ1n) is 7.42. The number of hydrogen-bond donors (Lipinski definition) is 1. The maximum absolute atomic E-state index is 12.1. The van der Waals surface area contributed by atoms with Crippen molar-refractivity contribution >= 4 is 27.6 Å². The zero-order valence-corrected chi connectivity index (χ0v) is 15.4. The minimum atomic E-state index is -3.64. The molecule has 0 radical (unpaired) electrons. The lowest BCUT2D eigenvalue weighted by Gasteiger charge is -2.25. The Hall–Kier alpha value is -2.09. The van der Waals surface area contributed by atoms with E-state index in [1.807, 2.05) is 0 Å². The summed E-state index contributed by atoms with van der Waals surface area (Å²) in [5.74, 6) is -0.810. The summed E-state index contributed by atoms with van der Waals surface area (Å²) in [7, 11) is -2.41. The molecule has 134 valence electrons. The molecule has 24 heavy (non-hydrogen) atoms. The first kappa shape index (κ1) is 20.0. The van der Waals surface area contributed by atoms with E-state index in [2.05, 4.69) is 5.32 Å². The van der Waals surface area contributed by atoms with E-state index in [0.717, 1.165) is 10.6 Å². The standard InChI is InChI=1S/C16H24N2O5S/c1-16(2,3)15(20)17-10-11-18(24(5,21)22)13-9-7-6-8-12(13)14(19)23-4/h6-9H,10-11H2,1-5H3,(H,17,20). The normalized spacial score (nSPS) is 11.7. The third-order valence-corrected chi connectivity index (χ3v) is 4.44. The molecule has 0 bridgehead atoms. The summed E-state index contributed by atoms with van der Waals surface area (Å²) in [4.78, 5) is 23.8. The van der Waals surface area contributed by atoms with Crippen LogP contribution in [0.4, 0.5) is 5.69 Å². The number of ether oxygens (including phenoxy) is 1. The molecule has 0 heterocycles. The molecule has 0 aliphatic heterocycles. The largest absolute Gasteiger partial charge is 0.465 e. The van der Waals surface area contributed by atoms with Crippen LogP contribution in [0.3, 0.4) is 0 Å². The molecule has 0 saturated carbocycles. The Balaban J connectivity index is 3.05. The Kier molecular flexibility index (Phi) is 6.36. The first-order valence-corrected chi connectivity index (χ1v) is 9.26. The van der Waals surface area contributed by atoms with Crippen LogP contribution < -0.4 is 9.62 Å². The second kappa shape index (κ2) is 7.65. The van der Waals surface area contributed by atoms with Crippen molar-refractivity contribution in [2.75, 3.05) is 30.8 Å². The highest BCUT2D eigenvalue weighted by molar-refractivity contribution is 7.92. The van der Waals surface area contributed by atoms with E-state index in [-0.39, 0.29) is 30.2 Å². The van der Waals surface area contributed by atoms with E-state index in [4.69, 9.17) is 4.74 Å². The maximum atomic E-state index is 12.1. The highest BCUT2D eigenvalue weighted by Gasteiger charge is 2.25. The average Bonchev–Trinajstić information content (AvgIpc) is 2.48. The molecule has 0 spiro atoms. The molecule has 1 rings (SSSR count). The van der Waals surface area contributed by atoms with Gasteiger partial charge < -0.3 is 10.1 Å². The van der Waals surface area contributed by atoms with E-state index in [1.54, 1.807) is 32.9 Å². The van der Waals surface area contributed by atoms with Gasteiger partial charge in [0, 0.05) is 12.0 Å². The molecule has 1 amide bonds. The molecule has 1 aromatic carbocycles. The van der Waals surface area contributed by atoms with Crippen LogP contribution in [0.1, 0.15) is 31.1 Å². The Labute approximate surface area is 143 Å². The van der Waals surface area contributed by atoms with Gasteiger partial charge in [-0.05, 0) is 12.1 Å². The van der Waals surface area contributed by atoms with Gasteiger partial charge in [-0.1, -0.05) is 32.9 Å². The number of esters is 1. The molecular formula is C16H24N2O5S. The summed E-state index contributed by atoms with van der Waals surface area (Å²) >= 11 is 0. The second-order valence-electron chi connectivity index (χ2n) is 6.35. The van der Waals surface area contributed by atoms with Crippen LogP contribution in [0, 0.1) is 5.41 Å². The van der Waals surface area contributed by atoms with Crippen LogP contribution in [0.5, 0.6) is 0 Å². The second-order valence-corrected chi connectivity index (χ2v) is 8.26. The number of anilines is 1. The Morgan fingerprint density at radius 3 is 2.29 bits per heavy atom. The molecule has 0 aliphatic carbocycles. The number of carbonyl (C=O) groups is 2. The van der Waals surface area contributed by atoms with Gasteiger partial charge in [0.2, 0.25) is 15.9 Å². The topological polar surface area (TPSA) is 92.8 Å². The van der Waals surface area contributed by atoms with Gasteiger partial charge in [0.1, 0.15) is 0 Å². The monoisotopic (exact) mass is 356 g/mol. The summed E-state index contributed by atoms with van der Waals surface area (Å²) in [5, 5.41) is 2.70. The number of para-hydroxylation sites is 1. The minimum Gasteiger partial charge on any atom is -0.465 e. The lowest BCUT2D eigenvalue weighted by atomic mass is 9.96. The summed E-state index contributed by atoms with van der Waals surface area (Å²) in [6, 6.07) is 6.28. The molecular weight excluding hydrogens is 332 g/mol. The molecule has 1 N–H and O–H groups in total. The number of rotatable bonds is 6. The highest BCUT2D eigenvalue weighted by Crippen LogP contribution is 2.23. The molecule has 0 aromatic heterocycles. The fraction of sp³-hybridized carbons (Fsp3) is 0.500. The molecule has 0 aliphatic rings. The maximum Gasteiger partial charge on any atom is 0.340 e. The van der Waals surface area contributed by atoms with Crippen molar-refractivity contribution in [3.63, 3.8) is 0 Å². The van der Waals surface area contributed by atoms with Gasteiger partial charge in [0.25, 0.3) is 0 Å². The van der Waals surface area contributed by atoms with Gasteiger partial charge in [-0.2, -0.15) is 0 Å². The summed E-state index contributed by atoms with van der Waals surface area (Å²) < 4.78 is 30.0. The number of carbonyl (C=O) groups excluding carboxylic acids is 2. The van der Waals surface area contributed by atoms with E-state index >= 15 is 0 Å². The van der Waals surface area contributed by atoms with E-state index in [0.29, 0.717) is 0 Å². The van der Waals surface area contributed by atoms with Gasteiger partial charge in [-0.15, -0.1) is 0 Å². The molecule has 1 aromatic rings. The lowest BCUT2D eigenvalue weighted by Crippen LogP contribution is -2.42. The quantitative estimate of drug-likeness (QED) is 0.778. The lowest BCUT2D eigenvalue weighted by molar-refractivity contribution is -0.128. The smallest absolute Gasteiger partial charge is 0.340 e. The molecule has 8 heteroatoms. The summed E-state index contributed by atoms with van der Waals surface area (Å²) in [5.41, 5.74) is -0.204. The van der Waals surface area contributed by atoms with Crippen LogP contribution in [-0.4, -0.2) is 46.7 Å². The number of nitrogens with zero attached hydrogens (tertiary/aromatic N) is 1. The van der Waals surface area contributed by atoms with Crippen molar-refractivity contribution in [3.05, 3.63) is 29.8 Å². The number of benzene rings is 1. The van der Waals surface area contributed by atoms with E-state index < -0.39 is 21.4 Å². The van der Waals surface area contributed by atoms with Crippen LogP contribution in [0.15, 0.2) is 24.3 Å². The molecule has 0 fully saturated rings. The zero-order valence-electron chi connectivity index (χ0n) is 14.6. The first-order chi connectivity index (χ1) is 11.0. The van der Waals surface area contributed by atoms with Crippen LogP contribution >= 0.6 is 0 Å². The van der Waals surface area contributed by atoms with Crippen LogP contribution in [-0.2, 0) is 19.6 Å². The highest BCUT2D eigenvalue weighted by atomic mass is 32.2. The van der Waals surface area contributed by atoms with E-state index in [1.165, 1.54) is 19.2 Å². The Bertz CT molecular complexity index is 707. The SMILES string of the molecule is COC(=O)c1ccccc1N(CCNC(=O)C(C)(C)C)S(C)(=O)=O. The van der Waals surface area contributed by atoms with Crippen molar-refractivity contribution in [2.45, 2.75) is 20.8 Å². The van der Waals surface area contributed by atoms with E-state index in [9.17, 15) is 18.0 Å². The van der Waals surface area contributed by atoms with Crippen molar-refractivity contribution in [1.29, 1.82) is 0 Å². The predicted octanol–water partition coefficient (Wildman–Crippen LogP) is 1.40. The Morgan fingerprint density at radius 2 is 1.79 bits per heavy atom. The number of amides is 1. The third-order valence-electron chi connectivity index (χ3n) is 3.26. The molecule has 0 saturated heterocycles. The Morgan fingerprint density at radius 1 is 1.21 bits per heavy atom. The van der Waals surface area contributed by atoms with Crippen molar-refractivity contribution in [1.82, 2.24) is 5.32 Å². The number of nitrogens with one attached hydrogen (secondary N) is 1.